The number of hydrogen-bond donors (Lipinski definition) is 10. The van der Waals surface area contributed by atoms with Crippen molar-refractivity contribution in [1.29, 1.82) is 0 Å². The number of aliphatic hydroxyl groups excluding tert-OH is 4. The topological polar surface area (TPSA) is 327 Å². The van der Waals surface area contributed by atoms with E-state index in [0.29, 0.717) is 75.8 Å². The summed E-state index contributed by atoms with van der Waals surface area (Å²) in [7, 11) is 0. The first-order valence-electron chi connectivity index (χ1n) is 20.5. The van der Waals surface area contributed by atoms with Gasteiger partial charge in [0.05, 0.1) is 90.6 Å². The number of hydrogen-bond acceptors (Lipinski definition) is 18. The van der Waals surface area contributed by atoms with Gasteiger partial charge in [-0.2, -0.15) is 0 Å². The second kappa shape index (κ2) is 28.5. The Labute approximate surface area is 367 Å². The van der Waals surface area contributed by atoms with Gasteiger partial charge in [0.1, 0.15) is 30.2 Å². The third kappa shape index (κ3) is 18.4. The van der Waals surface area contributed by atoms with E-state index in [-0.39, 0.29) is 57.2 Å². The fourth-order valence-electron chi connectivity index (χ4n) is 6.28. The fraction of sp³-hybridized carbons (Fsp3) is 0.650. The van der Waals surface area contributed by atoms with Crippen LogP contribution in [-0.2, 0) is 54.0 Å². The number of ether oxygens (including phenoxy) is 6. The molecule has 10 N–H and O–H groups in total. The highest BCUT2D eigenvalue weighted by molar-refractivity contribution is 6.30. The number of anilines is 2. The van der Waals surface area contributed by atoms with Gasteiger partial charge in [0, 0.05) is 31.1 Å². The Kier molecular flexibility index (Phi) is 23.9. The zero-order valence-electron chi connectivity index (χ0n) is 34.8. The van der Waals surface area contributed by atoms with Crippen molar-refractivity contribution in [3.05, 3.63) is 55.3 Å². The summed E-state index contributed by atoms with van der Waals surface area (Å²) in [6.07, 6.45) is -5.97. The second-order valence-corrected chi connectivity index (χ2v) is 14.9. The molecule has 2 aromatic rings. The molecule has 3 rings (SSSR count). The van der Waals surface area contributed by atoms with Crippen LogP contribution in [0.3, 0.4) is 0 Å². The van der Waals surface area contributed by atoms with Gasteiger partial charge in [-0.05, 0) is 30.5 Å². The fourth-order valence-corrected chi connectivity index (χ4v) is 6.41. The second-order valence-electron chi connectivity index (χ2n) is 14.4. The van der Waals surface area contributed by atoms with Crippen LogP contribution in [0.1, 0.15) is 44.1 Å². The summed E-state index contributed by atoms with van der Waals surface area (Å²) in [6.45, 7) is 1.21. The molecule has 1 fully saturated rings. The number of rotatable bonds is 34. The van der Waals surface area contributed by atoms with Gasteiger partial charge in [0.25, 0.3) is 16.6 Å². The molecule has 63 heavy (non-hydrogen) atoms. The van der Waals surface area contributed by atoms with Crippen molar-refractivity contribution in [2.24, 2.45) is 0 Å². The van der Waals surface area contributed by atoms with Crippen LogP contribution in [-0.4, -0.2) is 176 Å². The van der Waals surface area contributed by atoms with Crippen LogP contribution < -0.4 is 32.1 Å². The van der Waals surface area contributed by atoms with Crippen molar-refractivity contribution < 1.29 is 78.2 Å². The van der Waals surface area contributed by atoms with Gasteiger partial charge in [-0.25, -0.2) is 4.79 Å². The summed E-state index contributed by atoms with van der Waals surface area (Å²) in [5.74, 6) is -6.56. The molecule has 0 unspecified atom stereocenters. The summed E-state index contributed by atoms with van der Waals surface area (Å²) in [6, 6.07) is 4.98. The Morgan fingerprint density at radius 2 is 1.35 bits per heavy atom. The van der Waals surface area contributed by atoms with Crippen LogP contribution in [0.25, 0.3) is 0 Å². The molecule has 0 saturated carbocycles. The van der Waals surface area contributed by atoms with Crippen LogP contribution in [0.15, 0.2) is 33.9 Å². The van der Waals surface area contributed by atoms with Crippen LogP contribution >= 0.6 is 11.6 Å². The SMILES string of the molecule is O=C(O)CCOCCOCCOCCOCCNc1c(NCCCCCCO[C@]2(C(=O)O)C[C@H](O)[C@@H](NC(=O)CO)[C@H]([C@H](O)[C@H](O)CNC(=O)Cc3ccc(Cl)cc3)O2)c(=O)c1=O. The van der Waals surface area contributed by atoms with Gasteiger partial charge in [-0.3, -0.25) is 24.0 Å². The summed E-state index contributed by atoms with van der Waals surface area (Å²) >= 11 is 5.88. The molecular formula is C40H59ClN4O18. The Balaban J connectivity index is 1.36. The molecule has 0 aromatic heterocycles. The number of nitrogens with one attached hydrogen (secondary N) is 4. The van der Waals surface area contributed by atoms with Crippen molar-refractivity contribution >= 4 is 46.7 Å². The van der Waals surface area contributed by atoms with E-state index in [4.69, 9.17) is 45.1 Å². The number of aliphatic carboxylic acids is 2. The first kappa shape index (κ1) is 53.0. The Morgan fingerprint density at radius 1 is 0.778 bits per heavy atom. The quantitative estimate of drug-likeness (QED) is 0.0278. The summed E-state index contributed by atoms with van der Waals surface area (Å²) < 4.78 is 32.7. The number of amides is 2. The lowest BCUT2D eigenvalue weighted by Crippen LogP contribution is -2.68. The van der Waals surface area contributed by atoms with Crippen molar-refractivity contribution in [2.45, 2.75) is 81.2 Å². The average Bonchev–Trinajstić information content (AvgIpc) is 3.26. The highest BCUT2D eigenvalue weighted by Gasteiger charge is 2.55. The van der Waals surface area contributed by atoms with E-state index in [9.17, 15) is 54.3 Å². The molecular weight excluding hydrogens is 860 g/mol. The predicted molar refractivity (Wildman–Crippen MR) is 223 cm³/mol. The molecule has 23 heteroatoms. The predicted octanol–water partition coefficient (Wildman–Crippen LogP) is -1.63. The molecule has 2 aromatic carbocycles. The zero-order chi connectivity index (χ0) is 46.2. The van der Waals surface area contributed by atoms with E-state index in [1.807, 2.05) is 0 Å². The molecule has 2 amide bonds. The number of aliphatic hydroxyl groups is 4. The number of benzene rings is 1. The van der Waals surface area contributed by atoms with Gasteiger partial charge >= 0.3 is 11.9 Å². The number of unbranched alkanes of at least 4 members (excludes halogenated alkanes) is 3. The van der Waals surface area contributed by atoms with E-state index >= 15 is 0 Å². The minimum atomic E-state index is -2.50. The van der Waals surface area contributed by atoms with Crippen molar-refractivity contribution in [2.75, 3.05) is 96.3 Å². The summed E-state index contributed by atoms with van der Waals surface area (Å²) in [5, 5.41) is 72.0. The Hall–Kier alpha value is -4.33. The van der Waals surface area contributed by atoms with Gasteiger partial charge in [-0.15, -0.1) is 0 Å². The maximum absolute atomic E-state index is 12.5. The van der Waals surface area contributed by atoms with Crippen LogP contribution in [0.5, 0.6) is 0 Å². The van der Waals surface area contributed by atoms with Gasteiger partial charge < -0.3 is 80.3 Å². The smallest absolute Gasteiger partial charge is 0.364 e. The highest BCUT2D eigenvalue weighted by Crippen LogP contribution is 2.34. The molecule has 6 atom stereocenters. The van der Waals surface area contributed by atoms with Crippen LogP contribution in [0, 0.1) is 0 Å². The number of carboxylic acids is 2. The van der Waals surface area contributed by atoms with Crippen molar-refractivity contribution in [1.82, 2.24) is 10.6 Å². The monoisotopic (exact) mass is 918 g/mol. The minimum Gasteiger partial charge on any atom is -0.481 e. The van der Waals surface area contributed by atoms with E-state index in [1.165, 1.54) is 0 Å². The lowest BCUT2D eigenvalue weighted by molar-refractivity contribution is -0.310. The maximum atomic E-state index is 12.5. The number of carboxylic acid groups (broad SMARTS) is 2. The number of halogens is 1. The van der Waals surface area contributed by atoms with E-state index in [0.717, 1.165) is 0 Å². The molecule has 1 heterocycles. The third-order valence-corrected chi connectivity index (χ3v) is 9.88. The number of carbonyl (C=O) groups is 4. The van der Waals surface area contributed by atoms with Crippen molar-refractivity contribution in [3.8, 4) is 0 Å². The third-order valence-electron chi connectivity index (χ3n) is 9.63. The molecule has 0 bridgehead atoms. The molecule has 354 valence electrons. The minimum absolute atomic E-state index is 0.0639. The average molecular weight is 919 g/mol. The van der Waals surface area contributed by atoms with Crippen LogP contribution in [0.4, 0.5) is 11.4 Å². The van der Waals surface area contributed by atoms with E-state index in [1.54, 1.807) is 24.3 Å². The standard InChI is InChI=1S/C40H59ClN4O18/c41-26-7-5-25(6-8-26)21-29(49)44-23-28(48)35(53)38-32(45-30(50)24-46)27(47)22-40(63-38,39(56)57)62-12-4-2-1-3-10-42-33-34(37(55)36(33)54)43-11-14-59-16-18-61-20-19-60-17-15-58-13-9-31(51)52/h5-8,27-28,32,35,38,42-43,46-48,53H,1-4,9-24H2,(H,44,49)(H,45,50)(H,51,52)(H,56,57)/t27-,28+,32+,35+,38+,40+/m0/s1. The largest absolute Gasteiger partial charge is 0.481 e. The molecule has 1 aliphatic rings. The molecule has 0 spiro atoms. The van der Waals surface area contributed by atoms with Gasteiger partial charge in [0.2, 0.25) is 11.8 Å². The molecule has 1 aliphatic heterocycles. The first-order chi connectivity index (χ1) is 30.2. The molecule has 0 radical (unpaired) electrons. The Morgan fingerprint density at radius 3 is 1.94 bits per heavy atom. The molecule has 0 aliphatic carbocycles. The number of carbonyl (C=O) groups excluding carboxylic acids is 2. The molecule has 22 nitrogen and oxygen atoms in total. The zero-order valence-corrected chi connectivity index (χ0v) is 35.6. The van der Waals surface area contributed by atoms with Gasteiger partial charge in [0.15, 0.2) is 0 Å². The van der Waals surface area contributed by atoms with Gasteiger partial charge in [-0.1, -0.05) is 36.6 Å². The Bertz CT molecular complexity index is 1780. The normalized spacial score (nSPS) is 19.6. The lowest BCUT2D eigenvalue weighted by atomic mass is 9.88. The first-order valence-corrected chi connectivity index (χ1v) is 20.9. The summed E-state index contributed by atoms with van der Waals surface area (Å²) in [4.78, 5) is 71.8. The van der Waals surface area contributed by atoms with E-state index < -0.39 is 90.4 Å². The maximum Gasteiger partial charge on any atom is 0.364 e. The highest BCUT2D eigenvalue weighted by atomic mass is 35.5. The van der Waals surface area contributed by atoms with Crippen LogP contribution in [0.2, 0.25) is 5.02 Å². The lowest BCUT2D eigenvalue weighted by Gasteiger charge is -2.46. The molecule has 1 saturated heterocycles. The summed E-state index contributed by atoms with van der Waals surface area (Å²) in [5.41, 5.74) is -0.326. The van der Waals surface area contributed by atoms with Crippen molar-refractivity contribution in [3.63, 3.8) is 0 Å². The van der Waals surface area contributed by atoms with E-state index in [2.05, 4.69) is 21.3 Å².